The van der Waals surface area contributed by atoms with Gasteiger partial charge in [0.05, 0.1) is 5.25 Å². The number of anilines is 1. The Morgan fingerprint density at radius 2 is 1.42 bits per heavy atom. The number of carbonyl (C=O) groups excluding carboxylic acids is 1. The lowest BCUT2D eigenvalue weighted by Crippen LogP contribution is -2.22. The zero-order valence-electron chi connectivity index (χ0n) is 14.6. The molecule has 0 aliphatic heterocycles. The lowest BCUT2D eigenvalue weighted by atomic mass is 10.2. The highest BCUT2D eigenvalue weighted by Crippen LogP contribution is 2.25. The molecule has 0 saturated carbocycles. The Bertz CT molecular complexity index is 820. The van der Waals surface area contributed by atoms with E-state index in [4.69, 9.17) is 0 Å². The smallest absolute Gasteiger partial charge is 0.237 e. The molecule has 0 heterocycles. The van der Waals surface area contributed by atoms with Crippen molar-refractivity contribution in [3.8, 4) is 0 Å². The van der Waals surface area contributed by atoms with Crippen LogP contribution in [0.15, 0.2) is 94.7 Å². The average Bonchev–Trinajstić information content (AvgIpc) is 2.69. The predicted octanol–water partition coefficient (Wildman–Crippen LogP) is 6.10. The number of benzene rings is 3. The molecule has 1 atom stereocenters. The van der Waals surface area contributed by atoms with Crippen molar-refractivity contribution in [1.82, 2.24) is 0 Å². The summed E-state index contributed by atoms with van der Waals surface area (Å²) in [6, 6.07) is 28.4. The van der Waals surface area contributed by atoms with Gasteiger partial charge in [0.2, 0.25) is 5.91 Å². The summed E-state index contributed by atoms with van der Waals surface area (Å²) in [6.45, 7) is 1.93. The summed E-state index contributed by atoms with van der Waals surface area (Å²) in [5, 5.41) is 2.85. The van der Waals surface area contributed by atoms with Crippen LogP contribution in [0.3, 0.4) is 0 Å². The van der Waals surface area contributed by atoms with Crippen LogP contribution in [-0.2, 0) is 10.5 Å². The Kier molecular flexibility index (Phi) is 6.81. The summed E-state index contributed by atoms with van der Waals surface area (Å²) in [5.74, 6) is 0.934. The molecule has 0 unspecified atom stereocenters. The number of thioether (sulfide) groups is 2. The van der Waals surface area contributed by atoms with Crippen molar-refractivity contribution in [1.29, 1.82) is 0 Å². The van der Waals surface area contributed by atoms with Gasteiger partial charge in [0.25, 0.3) is 0 Å². The summed E-state index contributed by atoms with van der Waals surface area (Å²) in [4.78, 5) is 14.7. The maximum atomic E-state index is 12.4. The molecule has 3 aromatic carbocycles. The first kappa shape index (κ1) is 18.6. The van der Waals surface area contributed by atoms with Crippen LogP contribution < -0.4 is 5.32 Å². The highest BCUT2D eigenvalue weighted by atomic mass is 32.2. The van der Waals surface area contributed by atoms with E-state index in [1.807, 2.05) is 67.2 Å². The van der Waals surface area contributed by atoms with Gasteiger partial charge in [-0.3, -0.25) is 4.79 Å². The maximum absolute atomic E-state index is 12.4. The zero-order chi connectivity index (χ0) is 18.2. The van der Waals surface area contributed by atoms with E-state index < -0.39 is 0 Å². The molecule has 4 heteroatoms. The highest BCUT2D eigenvalue weighted by Gasteiger charge is 2.14. The average molecular weight is 380 g/mol. The van der Waals surface area contributed by atoms with Gasteiger partial charge in [0, 0.05) is 21.2 Å². The first-order valence-corrected chi connectivity index (χ1v) is 10.4. The van der Waals surface area contributed by atoms with Crippen molar-refractivity contribution in [3.05, 3.63) is 90.5 Å². The lowest BCUT2D eigenvalue weighted by molar-refractivity contribution is -0.115. The van der Waals surface area contributed by atoms with Gasteiger partial charge in [-0.1, -0.05) is 48.5 Å². The van der Waals surface area contributed by atoms with Gasteiger partial charge in [-0.25, -0.2) is 0 Å². The van der Waals surface area contributed by atoms with Gasteiger partial charge < -0.3 is 5.32 Å². The number of amides is 1. The van der Waals surface area contributed by atoms with Gasteiger partial charge in [-0.2, -0.15) is 0 Å². The molecular formula is C22H21NOS2. The van der Waals surface area contributed by atoms with Crippen molar-refractivity contribution in [3.63, 3.8) is 0 Å². The molecule has 0 saturated heterocycles. The molecule has 1 amide bonds. The lowest BCUT2D eigenvalue weighted by Gasteiger charge is -2.12. The molecule has 0 aromatic heterocycles. The fourth-order valence-electron chi connectivity index (χ4n) is 2.37. The van der Waals surface area contributed by atoms with Gasteiger partial charge in [0.1, 0.15) is 0 Å². The van der Waals surface area contributed by atoms with E-state index in [-0.39, 0.29) is 11.2 Å². The Morgan fingerprint density at radius 1 is 0.846 bits per heavy atom. The summed E-state index contributed by atoms with van der Waals surface area (Å²) in [7, 11) is 0. The normalized spacial score (nSPS) is 11.7. The molecule has 0 fully saturated rings. The van der Waals surface area contributed by atoms with Crippen LogP contribution in [0.25, 0.3) is 0 Å². The Morgan fingerprint density at radius 3 is 2.04 bits per heavy atom. The van der Waals surface area contributed by atoms with E-state index in [0.29, 0.717) is 0 Å². The van der Waals surface area contributed by atoms with Crippen LogP contribution in [0.4, 0.5) is 5.69 Å². The van der Waals surface area contributed by atoms with E-state index in [9.17, 15) is 4.79 Å². The van der Waals surface area contributed by atoms with Crippen molar-refractivity contribution in [2.75, 3.05) is 5.32 Å². The Hall–Kier alpha value is -2.17. The SMILES string of the molecule is C[C@H](Sc1ccccc1)C(=O)Nc1ccc(CSc2ccccc2)cc1. The zero-order valence-corrected chi connectivity index (χ0v) is 16.2. The second kappa shape index (κ2) is 9.51. The van der Waals surface area contributed by atoms with Gasteiger partial charge in [0.15, 0.2) is 0 Å². The van der Waals surface area contributed by atoms with Crippen LogP contribution >= 0.6 is 23.5 Å². The van der Waals surface area contributed by atoms with E-state index in [2.05, 4.69) is 41.7 Å². The second-order valence-electron chi connectivity index (χ2n) is 5.86. The molecule has 0 radical (unpaired) electrons. The molecule has 3 rings (SSSR count). The Labute approximate surface area is 163 Å². The first-order valence-electron chi connectivity index (χ1n) is 8.50. The topological polar surface area (TPSA) is 29.1 Å². The maximum Gasteiger partial charge on any atom is 0.237 e. The quantitative estimate of drug-likeness (QED) is 0.503. The van der Waals surface area contributed by atoms with E-state index >= 15 is 0 Å². The van der Waals surface area contributed by atoms with Gasteiger partial charge in [-0.05, 0) is 48.9 Å². The molecule has 0 aliphatic rings. The van der Waals surface area contributed by atoms with Crippen LogP contribution in [-0.4, -0.2) is 11.2 Å². The number of hydrogen-bond donors (Lipinski definition) is 1. The minimum absolute atomic E-state index is 0.0188. The van der Waals surface area contributed by atoms with Crippen molar-refractivity contribution >= 4 is 35.1 Å². The minimum Gasteiger partial charge on any atom is -0.325 e. The van der Waals surface area contributed by atoms with Crippen LogP contribution in [0.2, 0.25) is 0 Å². The number of hydrogen-bond acceptors (Lipinski definition) is 3. The third kappa shape index (κ3) is 5.68. The van der Waals surface area contributed by atoms with Crippen LogP contribution in [0.5, 0.6) is 0 Å². The van der Waals surface area contributed by atoms with Crippen molar-refractivity contribution < 1.29 is 4.79 Å². The van der Waals surface area contributed by atoms with E-state index in [1.54, 1.807) is 11.8 Å². The Balaban J connectivity index is 1.51. The molecule has 3 aromatic rings. The van der Waals surface area contributed by atoms with E-state index in [1.165, 1.54) is 10.5 Å². The standard InChI is InChI=1S/C22H21NOS2/c1-17(26-21-10-6-3-7-11-21)22(24)23-19-14-12-18(13-15-19)16-25-20-8-4-2-5-9-20/h2-15,17H,16H2,1H3,(H,23,24)/t17-/m0/s1. The monoisotopic (exact) mass is 379 g/mol. The largest absolute Gasteiger partial charge is 0.325 e. The second-order valence-corrected chi connectivity index (χ2v) is 8.32. The number of nitrogens with one attached hydrogen (secondary N) is 1. The fraction of sp³-hybridized carbons (Fsp3) is 0.136. The molecule has 0 bridgehead atoms. The number of rotatable bonds is 7. The third-order valence-electron chi connectivity index (χ3n) is 3.80. The predicted molar refractivity (Wildman–Crippen MR) is 113 cm³/mol. The summed E-state index contributed by atoms with van der Waals surface area (Å²) >= 11 is 3.37. The summed E-state index contributed by atoms with van der Waals surface area (Å²) < 4.78 is 0. The molecule has 0 aliphatic carbocycles. The van der Waals surface area contributed by atoms with Crippen molar-refractivity contribution in [2.45, 2.75) is 27.7 Å². The molecule has 1 N–H and O–H groups in total. The summed E-state index contributed by atoms with van der Waals surface area (Å²) in [6.07, 6.45) is 0. The van der Waals surface area contributed by atoms with Crippen LogP contribution in [0.1, 0.15) is 12.5 Å². The molecular weight excluding hydrogens is 358 g/mol. The fourth-order valence-corrected chi connectivity index (χ4v) is 4.13. The van der Waals surface area contributed by atoms with Gasteiger partial charge in [-0.15, -0.1) is 23.5 Å². The van der Waals surface area contributed by atoms with E-state index in [0.717, 1.165) is 16.3 Å². The summed E-state index contributed by atoms with van der Waals surface area (Å²) in [5.41, 5.74) is 2.08. The molecule has 0 spiro atoms. The minimum atomic E-state index is -0.147. The van der Waals surface area contributed by atoms with Crippen molar-refractivity contribution in [2.24, 2.45) is 0 Å². The first-order chi connectivity index (χ1) is 12.7. The molecule has 132 valence electrons. The van der Waals surface area contributed by atoms with Gasteiger partial charge >= 0.3 is 0 Å². The van der Waals surface area contributed by atoms with Crippen LogP contribution in [0, 0.1) is 0 Å². The third-order valence-corrected chi connectivity index (χ3v) is 5.99. The number of carbonyl (C=O) groups is 1. The highest BCUT2D eigenvalue weighted by molar-refractivity contribution is 8.00. The molecule has 2 nitrogen and oxygen atoms in total. The molecule has 26 heavy (non-hydrogen) atoms.